The molecule has 1 aromatic rings. The van der Waals surface area contributed by atoms with E-state index in [-0.39, 0.29) is 15.9 Å². The van der Waals surface area contributed by atoms with Crippen LogP contribution in [0.5, 0.6) is 0 Å². The number of carbonyl (C=O) groups excluding carboxylic acids is 1. The third-order valence-corrected chi connectivity index (χ3v) is 2.63. The lowest BCUT2D eigenvalue weighted by atomic mass is 10.3. The lowest BCUT2D eigenvalue weighted by Gasteiger charge is -2.14. The largest absolute Gasteiger partial charge is 0.357 e. The third-order valence-electron chi connectivity index (χ3n) is 1.89. The highest BCUT2D eigenvalue weighted by Crippen LogP contribution is 2.13. The fraction of sp³-hybridized carbons (Fsp3) is 0.444. The quantitative estimate of drug-likeness (QED) is 0.752. The van der Waals surface area contributed by atoms with Gasteiger partial charge in [-0.15, -0.1) is 0 Å². The lowest BCUT2D eigenvalue weighted by molar-refractivity contribution is -0.121. The number of carbonyl (C=O) groups is 1. The molecular formula is C9H13BrN4O2. The molecular weight excluding hydrogens is 276 g/mol. The Morgan fingerprint density at radius 3 is 3.00 bits per heavy atom. The summed E-state index contributed by atoms with van der Waals surface area (Å²) >= 11 is 3.10. The van der Waals surface area contributed by atoms with Gasteiger partial charge in [-0.3, -0.25) is 9.59 Å². The summed E-state index contributed by atoms with van der Waals surface area (Å²) in [6.45, 7) is 4.10. The summed E-state index contributed by atoms with van der Waals surface area (Å²) in [5.41, 5.74) is -0.291. The van der Waals surface area contributed by atoms with Crippen LogP contribution < -0.4 is 16.2 Å². The van der Waals surface area contributed by atoms with Gasteiger partial charge in [0.15, 0.2) is 0 Å². The SMILES string of the molecule is CCNC(=O)C(C)Nc1nc[nH]c(=O)c1Br. The second-order valence-corrected chi connectivity index (χ2v) is 3.95. The van der Waals surface area contributed by atoms with Gasteiger partial charge < -0.3 is 15.6 Å². The van der Waals surface area contributed by atoms with Gasteiger partial charge >= 0.3 is 0 Å². The number of hydrogen-bond acceptors (Lipinski definition) is 4. The van der Waals surface area contributed by atoms with Crippen molar-refractivity contribution in [3.8, 4) is 0 Å². The molecule has 0 saturated heterocycles. The zero-order chi connectivity index (χ0) is 12.1. The molecule has 1 rings (SSSR count). The van der Waals surface area contributed by atoms with Crippen molar-refractivity contribution in [3.05, 3.63) is 21.2 Å². The maximum absolute atomic E-state index is 11.4. The number of likely N-dealkylation sites (N-methyl/N-ethyl adjacent to an activating group) is 1. The molecule has 0 bridgehead atoms. The Hall–Kier alpha value is -1.37. The Balaban J connectivity index is 2.77. The van der Waals surface area contributed by atoms with Crippen LogP contribution in [-0.2, 0) is 4.79 Å². The Morgan fingerprint density at radius 2 is 2.38 bits per heavy atom. The van der Waals surface area contributed by atoms with Crippen LogP contribution in [0.4, 0.5) is 5.82 Å². The van der Waals surface area contributed by atoms with E-state index in [4.69, 9.17) is 0 Å². The van der Waals surface area contributed by atoms with Crippen LogP contribution in [0.3, 0.4) is 0 Å². The number of aromatic nitrogens is 2. The fourth-order valence-electron chi connectivity index (χ4n) is 1.08. The molecule has 88 valence electrons. The van der Waals surface area contributed by atoms with Crippen LogP contribution in [0.2, 0.25) is 0 Å². The molecule has 0 aliphatic carbocycles. The first-order chi connectivity index (χ1) is 7.56. The predicted octanol–water partition coefficient (Wildman–Crippen LogP) is 0.469. The van der Waals surface area contributed by atoms with E-state index >= 15 is 0 Å². The minimum atomic E-state index is -0.453. The maximum Gasteiger partial charge on any atom is 0.267 e. The van der Waals surface area contributed by atoms with Crippen molar-refractivity contribution in [3.63, 3.8) is 0 Å². The van der Waals surface area contributed by atoms with Crippen LogP contribution >= 0.6 is 15.9 Å². The topological polar surface area (TPSA) is 86.9 Å². The number of hydrogen-bond donors (Lipinski definition) is 3. The van der Waals surface area contributed by atoms with Crippen molar-refractivity contribution >= 4 is 27.7 Å². The molecule has 7 heteroatoms. The summed E-state index contributed by atoms with van der Waals surface area (Å²) in [4.78, 5) is 29.0. The standard InChI is InChI=1S/C9H13BrN4O2/c1-3-11-8(15)5(2)14-7-6(10)9(16)13-4-12-7/h4-5H,3H2,1-2H3,(H,11,15)(H2,12,13,14,16). The van der Waals surface area contributed by atoms with Crippen molar-refractivity contribution in [1.29, 1.82) is 0 Å². The molecule has 0 spiro atoms. The smallest absolute Gasteiger partial charge is 0.267 e. The van der Waals surface area contributed by atoms with Gasteiger partial charge in [0.25, 0.3) is 5.56 Å². The van der Waals surface area contributed by atoms with Crippen molar-refractivity contribution in [2.24, 2.45) is 0 Å². The van der Waals surface area contributed by atoms with Crippen LogP contribution in [-0.4, -0.2) is 28.5 Å². The molecule has 3 N–H and O–H groups in total. The van der Waals surface area contributed by atoms with E-state index in [1.807, 2.05) is 6.92 Å². The summed E-state index contributed by atoms with van der Waals surface area (Å²) in [5.74, 6) is 0.207. The first-order valence-electron chi connectivity index (χ1n) is 4.83. The zero-order valence-corrected chi connectivity index (χ0v) is 10.6. The first-order valence-corrected chi connectivity index (χ1v) is 5.63. The van der Waals surface area contributed by atoms with Gasteiger partial charge in [-0.05, 0) is 29.8 Å². The molecule has 1 unspecified atom stereocenters. The van der Waals surface area contributed by atoms with E-state index in [9.17, 15) is 9.59 Å². The number of nitrogens with one attached hydrogen (secondary N) is 3. The van der Waals surface area contributed by atoms with E-state index < -0.39 is 6.04 Å². The van der Waals surface area contributed by atoms with Gasteiger partial charge in [0, 0.05) is 6.54 Å². The molecule has 0 aliphatic rings. The van der Waals surface area contributed by atoms with Gasteiger partial charge in [-0.25, -0.2) is 4.98 Å². The number of rotatable bonds is 4. The Kier molecular flexibility index (Phi) is 4.48. The molecule has 1 atom stereocenters. The van der Waals surface area contributed by atoms with E-state index in [1.165, 1.54) is 6.33 Å². The Morgan fingerprint density at radius 1 is 1.69 bits per heavy atom. The van der Waals surface area contributed by atoms with E-state index in [0.29, 0.717) is 12.4 Å². The zero-order valence-electron chi connectivity index (χ0n) is 9.00. The molecule has 0 fully saturated rings. The minimum Gasteiger partial charge on any atom is -0.357 e. The van der Waals surface area contributed by atoms with E-state index in [1.54, 1.807) is 6.92 Å². The Labute approximate surface area is 101 Å². The second-order valence-electron chi connectivity index (χ2n) is 3.15. The number of anilines is 1. The van der Waals surface area contributed by atoms with Gasteiger partial charge in [-0.2, -0.15) is 0 Å². The summed E-state index contributed by atoms with van der Waals surface area (Å²) in [6, 6.07) is -0.453. The number of halogens is 1. The van der Waals surface area contributed by atoms with Crippen molar-refractivity contribution in [1.82, 2.24) is 15.3 Å². The molecule has 0 radical (unpaired) electrons. The monoisotopic (exact) mass is 288 g/mol. The van der Waals surface area contributed by atoms with Gasteiger partial charge in [0.1, 0.15) is 16.3 Å². The summed E-state index contributed by atoms with van der Waals surface area (Å²) in [5, 5.41) is 5.51. The molecule has 1 amide bonds. The highest BCUT2D eigenvalue weighted by molar-refractivity contribution is 9.10. The fourth-order valence-corrected chi connectivity index (χ4v) is 1.41. The summed E-state index contributed by atoms with van der Waals surface area (Å²) in [6.07, 6.45) is 1.28. The summed E-state index contributed by atoms with van der Waals surface area (Å²) < 4.78 is 0.283. The average molecular weight is 289 g/mol. The number of nitrogens with zero attached hydrogens (tertiary/aromatic N) is 1. The number of aromatic amines is 1. The lowest BCUT2D eigenvalue weighted by Crippen LogP contribution is -2.37. The van der Waals surface area contributed by atoms with E-state index in [0.717, 1.165) is 0 Å². The maximum atomic E-state index is 11.4. The van der Waals surface area contributed by atoms with Crippen LogP contribution in [0.1, 0.15) is 13.8 Å². The molecule has 1 heterocycles. The molecule has 6 nitrogen and oxygen atoms in total. The predicted molar refractivity (Wildman–Crippen MR) is 64.3 cm³/mol. The third kappa shape index (κ3) is 3.06. The first kappa shape index (κ1) is 12.7. The number of H-pyrrole nitrogens is 1. The van der Waals surface area contributed by atoms with Crippen LogP contribution in [0, 0.1) is 0 Å². The van der Waals surface area contributed by atoms with Crippen molar-refractivity contribution in [2.45, 2.75) is 19.9 Å². The van der Waals surface area contributed by atoms with Gasteiger partial charge in [0.2, 0.25) is 5.91 Å². The highest BCUT2D eigenvalue weighted by atomic mass is 79.9. The molecule has 0 saturated carbocycles. The highest BCUT2D eigenvalue weighted by Gasteiger charge is 2.14. The van der Waals surface area contributed by atoms with Crippen LogP contribution in [0.25, 0.3) is 0 Å². The van der Waals surface area contributed by atoms with Crippen LogP contribution in [0.15, 0.2) is 15.6 Å². The molecule has 16 heavy (non-hydrogen) atoms. The van der Waals surface area contributed by atoms with Crippen molar-refractivity contribution < 1.29 is 4.79 Å². The van der Waals surface area contributed by atoms with Gasteiger partial charge in [0.05, 0.1) is 6.33 Å². The molecule has 0 aromatic carbocycles. The molecule has 1 aromatic heterocycles. The Bertz CT molecular complexity index is 432. The van der Waals surface area contributed by atoms with Crippen molar-refractivity contribution in [2.75, 3.05) is 11.9 Å². The average Bonchev–Trinajstić information content (AvgIpc) is 2.25. The number of amides is 1. The van der Waals surface area contributed by atoms with Gasteiger partial charge in [-0.1, -0.05) is 0 Å². The second kappa shape index (κ2) is 5.64. The minimum absolute atomic E-state index is 0.142. The summed E-state index contributed by atoms with van der Waals surface area (Å²) in [7, 11) is 0. The normalized spacial score (nSPS) is 11.9. The molecule has 0 aliphatic heterocycles. The van der Waals surface area contributed by atoms with E-state index in [2.05, 4.69) is 36.5 Å².